The van der Waals surface area contributed by atoms with Crippen LogP contribution in [0.15, 0.2) is 22.7 Å². The van der Waals surface area contributed by atoms with Crippen molar-refractivity contribution >= 4 is 15.9 Å². The lowest BCUT2D eigenvalue weighted by Crippen LogP contribution is -2.06. The van der Waals surface area contributed by atoms with Crippen molar-refractivity contribution in [3.63, 3.8) is 0 Å². The van der Waals surface area contributed by atoms with Crippen LogP contribution in [-0.4, -0.2) is 13.2 Å². The SMILES string of the molecule is CCCCCCCCCOc1c(Br)cccc1CCN. The molecule has 0 spiro atoms. The van der Waals surface area contributed by atoms with E-state index < -0.39 is 0 Å². The minimum atomic E-state index is 0.657. The van der Waals surface area contributed by atoms with Crippen LogP contribution in [0.2, 0.25) is 0 Å². The maximum atomic E-state index is 5.95. The lowest BCUT2D eigenvalue weighted by molar-refractivity contribution is 0.299. The maximum absolute atomic E-state index is 5.95. The molecule has 0 atom stereocenters. The molecule has 1 rings (SSSR count). The molecule has 2 N–H and O–H groups in total. The fourth-order valence-corrected chi connectivity index (χ4v) is 2.82. The smallest absolute Gasteiger partial charge is 0.136 e. The molecule has 0 amide bonds. The van der Waals surface area contributed by atoms with E-state index in [0.29, 0.717) is 6.54 Å². The van der Waals surface area contributed by atoms with Crippen LogP contribution in [-0.2, 0) is 6.42 Å². The second kappa shape index (κ2) is 11.2. The second-order valence-corrected chi connectivity index (χ2v) is 6.09. The first-order valence-corrected chi connectivity index (χ1v) is 8.69. The Bertz CT molecular complexity index is 368. The van der Waals surface area contributed by atoms with Gasteiger partial charge in [0.2, 0.25) is 0 Å². The summed E-state index contributed by atoms with van der Waals surface area (Å²) in [6.45, 7) is 3.71. The molecule has 0 saturated carbocycles. The van der Waals surface area contributed by atoms with Crippen molar-refractivity contribution in [3.05, 3.63) is 28.2 Å². The topological polar surface area (TPSA) is 35.2 Å². The molecule has 114 valence electrons. The molecule has 1 aromatic rings. The van der Waals surface area contributed by atoms with Crippen LogP contribution in [0.1, 0.15) is 57.4 Å². The van der Waals surface area contributed by atoms with Crippen molar-refractivity contribution in [2.45, 2.75) is 58.3 Å². The number of hydrogen-bond donors (Lipinski definition) is 1. The van der Waals surface area contributed by atoms with E-state index in [1.165, 1.54) is 44.1 Å². The Balaban J connectivity index is 2.24. The summed E-state index contributed by atoms with van der Waals surface area (Å²) in [6.07, 6.45) is 10.0. The average molecular weight is 342 g/mol. The first kappa shape index (κ1) is 17.5. The number of ether oxygens (including phenoxy) is 1. The van der Waals surface area contributed by atoms with Gasteiger partial charge in [-0.25, -0.2) is 0 Å². The zero-order chi connectivity index (χ0) is 14.6. The number of benzene rings is 1. The monoisotopic (exact) mass is 341 g/mol. The van der Waals surface area contributed by atoms with Crippen LogP contribution >= 0.6 is 15.9 Å². The number of para-hydroxylation sites is 1. The van der Waals surface area contributed by atoms with Gasteiger partial charge in [-0.2, -0.15) is 0 Å². The highest BCUT2D eigenvalue weighted by Crippen LogP contribution is 2.29. The van der Waals surface area contributed by atoms with Gasteiger partial charge < -0.3 is 10.5 Å². The molecule has 0 aliphatic heterocycles. The number of rotatable bonds is 11. The molecular formula is C17H28BrNO. The minimum absolute atomic E-state index is 0.657. The van der Waals surface area contributed by atoms with Gasteiger partial charge in [-0.1, -0.05) is 57.6 Å². The molecule has 1 aromatic carbocycles. The summed E-state index contributed by atoms with van der Waals surface area (Å²) < 4.78 is 6.98. The molecule has 0 aromatic heterocycles. The molecule has 20 heavy (non-hydrogen) atoms. The van der Waals surface area contributed by atoms with Gasteiger partial charge in [-0.3, -0.25) is 0 Å². The zero-order valence-corrected chi connectivity index (χ0v) is 14.3. The van der Waals surface area contributed by atoms with Crippen molar-refractivity contribution in [3.8, 4) is 5.75 Å². The Morgan fingerprint density at radius 3 is 2.45 bits per heavy atom. The minimum Gasteiger partial charge on any atom is -0.492 e. The van der Waals surface area contributed by atoms with Crippen LogP contribution in [0.4, 0.5) is 0 Å². The summed E-state index contributed by atoms with van der Waals surface area (Å²) in [5.74, 6) is 0.976. The highest BCUT2D eigenvalue weighted by atomic mass is 79.9. The lowest BCUT2D eigenvalue weighted by atomic mass is 10.1. The van der Waals surface area contributed by atoms with E-state index in [-0.39, 0.29) is 0 Å². The summed E-state index contributed by atoms with van der Waals surface area (Å²) in [5.41, 5.74) is 6.84. The molecule has 0 radical (unpaired) electrons. The molecule has 2 nitrogen and oxygen atoms in total. The van der Waals surface area contributed by atoms with E-state index >= 15 is 0 Å². The van der Waals surface area contributed by atoms with Crippen molar-refractivity contribution in [1.29, 1.82) is 0 Å². The lowest BCUT2D eigenvalue weighted by Gasteiger charge is -2.13. The molecule has 0 unspecified atom stereocenters. The van der Waals surface area contributed by atoms with Crippen LogP contribution in [0.3, 0.4) is 0 Å². The Labute approximate surface area is 132 Å². The van der Waals surface area contributed by atoms with Crippen LogP contribution in [0, 0.1) is 0 Å². The number of hydrogen-bond acceptors (Lipinski definition) is 2. The van der Waals surface area contributed by atoms with Gasteiger partial charge in [0.1, 0.15) is 5.75 Å². The van der Waals surface area contributed by atoms with E-state index in [4.69, 9.17) is 10.5 Å². The summed E-state index contributed by atoms with van der Waals surface area (Å²) in [4.78, 5) is 0. The molecule has 0 aliphatic carbocycles. The van der Waals surface area contributed by atoms with E-state index in [2.05, 4.69) is 28.9 Å². The Hall–Kier alpha value is -0.540. The fourth-order valence-electron chi connectivity index (χ4n) is 2.30. The van der Waals surface area contributed by atoms with E-state index in [9.17, 15) is 0 Å². The predicted octanol–water partition coefficient (Wildman–Crippen LogP) is 5.08. The summed E-state index contributed by atoms with van der Waals surface area (Å²) in [6, 6.07) is 6.16. The number of nitrogens with two attached hydrogens (primary N) is 1. The summed E-state index contributed by atoms with van der Waals surface area (Å²) in [5, 5.41) is 0. The van der Waals surface area contributed by atoms with Gasteiger partial charge in [0.15, 0.2) is 0 Å². The highest BCUT2D eigenvalue weighted by Gasteiger charge is 2.07. The first-order chi connectivity index (χ1) is 9.79. The Morgan fingerprint density at radius 2 is 1.75 bits per heavy atom. The first-order valence-electron chi connectivity index (χ1n) is 7.89. The number of unbranched alkanes of at least 4 members (excludes halogenated alkanes) is 6. The zero-order valence-electron chi connectivity index (χ0n) is 12.7. The molecule has 0 heterocycles. The number of halogens is 1. The molecule has 0 bridgehead atoms. The third kappa shape index (κ3) is 6.76. The van der Waals surface area contributed by atoms with Gasteiger partial charge in [0, 0.05) is 0 Å². The van der Waals surface area contributed by atoms with Gasteiger partial charge >= 0.3 is 0 Å². The molecule has 0 saturated heterocycles. The molecular weight excluding hydrogens is 314 g/mol. The van der Waals surface area contributed by atoms with Gasteiger partial charge in [0.05, 0.1) is 11.1 Å². The fraction of sp³-hybridized carbons (Fsp3) is 0.647. The normalized spacial score (nSPS) is 10.8. The van der Waals surface area contributed by atoms with Crippen LogP contribution in [0.25, 0.3) is 0 Å². The largest absolute Gasteiger partial charge is 0.492 e. The van der Waals surface area contributed by atoms with E-state index in [0.717, 1.165) is 29.7 Å². The quantitative estimate of drug-likeness (QED) is 0.569. The van der Waals surface area contributed by atoms with Crippen molar-refractivity contribution in [1.82, 2.24) is 0 Å². The van der Waals surface area contributed by atoms with Crippen molar-refractivity contribution < 1.29 is 4.74 Å². The van der Waals surface area contributed by atoms with Crippen molar-refractivity contribution in [2.75, 3.05) is 13.2 Å². The molecule has 0 aliphatic rings. The van der Waals surface area contributed by atoms with Crippen molar-refractivity contribution in [2.24, 2.45) is 5.73 Å². The highest BCUT2D eigenvalue weighted by molar-refractivity contribution is 9.10. The third-order valence-corrected chi connectivity index (χ3v) is 4.08. The predicted molar refractivity (Wildman–Crippen MR) is 90.4 cm³/mol. The summed E-state index contributed by atoms with van der Waals surface area (Å²) >= 11 is 3.56. The maximum Gasteiger partial charge on any atom is 0.136 e. The molecule has 3 heteroatoms. The van der Waals surface area contributed by atoms with E-state index in [1.54, 1.807) is 0 Å². The van der Waals surface area contributed by atoms with Crippen LogP contribution in [0.5, 0.6) is 5.75 Å². The third-order valence-electron chi connectivity index (χ3n) is 3.46. The molecule has 0 fully saturated rings. The van der Waals surface area contributed by atoms with E-state index in [1.807, 2.05) is 12.1 Å². The van der Waals surface area contributed by atoms with Gasteiger partial charge in [-0.15, -0.1) is 0 Å². The average Bonchev–Trinajstić information content (AvgIpc) is 2.44. The van der Waals surface area contributed by atoms with Gasteiger partial charge in [-0.05, 0) is 46.9 Å². The standard InChI is InChI=1S/C17H28BrNO/c1-2-3-4-5-6-7-8-14-20-17-15(12-13-19)10-9-11-16(17)18/h9-11H,2-8,12-14,19H2,1H3. The Morgan fingerprint density at radius 1 is 1.05 bits per heavy atom. The van der Waals surface area contributed by atoms with Gasteiger partial charge in [0.25, 0.3) is 0 Å². The summed E-state index contributed by atoms with van der Waals surface area (Å²) in [7, 11) is 0. The second-order valence-electron chi connectivity index (χ2n) is 5.24. The van der Waals surface area contributed by atoms with Crippen LogP contribution < -0.4 is 10.5 Å². The Kier molecular flexibility index (Phi) is 9.77.